The molecule has 0 bridgehead atoms. The first kappa shape index (κ1) is 4.68. The first-order valence-electron chi connectivity index (χ1n) is 3.05. The van der Waals surface area contributed by atoms with Gasteiger partial charge in [-0.15, -0.1) is 0 Å². The summed E-state index contributed by atoms with van der Waals surface area (Å²) in [5.74, 6) is -0.307. The van der Waals surface area contributed by atoms with E-state index in [4.69, 9.17) is 7.85 Å². The van der Waals surface area contributed by atoms with E-state index in [0.717, 1.165) is 0 Å². The summed E-state index contributed by atoms with van der Waals surface area (Å²) in [6, 6.07) is -0.357. The Morgan fingerprint density at radius 2 is 2.22 bits per heavy atom. The van der Waals surface area contributed by atoms with Crippen LogP contribution in [0, 0.1) is 0 Å². The van der Waals surface area contributed by atoms with E-state index < -0.39 is 0 Å². The average Bonchev–Trinajstić information content (AvgIpc) is 1.97. The molecule has 1 N–H and O–H groups in total. The van der Waals surface area contributed by atoms with Crippen LogP contribution in [0.3, 0.4) is 0 Å². The van der Waals surface area contributed by atoms with Gasteiger partial charge in [0.05, 0.1) is 2.74 Å². The maximum absolute atomic E-state index is 9.07. The number of hydrogen-bond acceptors (Lipinski definition) is 2. The van der Waals surface area contributed by atoms with E-state index in [-0.39, 0.29) is 27.0 Å². The van der Waals surface area contributed by atoms with Gasteiger partial charge in [0.25, 0.3) is 0 Å². The molecule has 0 aliphatic carbocycles. The van der Waals surface area contributed by atoms with Crippen LogP contribution in [0.1, 0.15) is 2.74 Å². The van der Waals surface area contributed by atoms with Crippen molar-refractivity contribution in [3.05, 3.63) is 21.3 Å². The zero-order chi connectivity index (χ0) is 8.59. The Bertz CT molecular complexity index is 279. The Labute approximate surface area is 72.0 Å². The average molecular weight is 255 g/mol. The summed E-state index contributed by atoms with van der Waals surface area (Å²) in [6.45, 7) is 0. The maximum atomic E-state index is 9.07. The predicted octanol–water partition coefficient (Wildman–Crippen LogP) is 2.31. The van der Waals surface area contributed by atoms with E-state index in [2.05, 4.69) is 36.8 Å². The van der Waals surface area contributed by atoms with Crippen molar-refractivity contribution in [1.82, 2.24) is 4.98 Å². The number of rotatable bonds is 0. The minimum absolute atomic E-state index is 0.120. The maximum Gasteiger partial charge on any atom is 0.149 e. The van der Waals surface area contributed by atoms with E-state index in [1.165, 1.54) is 0 Å². The van der Waals surface area contributed by atoms with Crippen LogP contribution in [-0.4, -0.2) is 10.1 Å². The molecule has 48 valence electrons. The molecule has 0 aromatic carbocycles. The van der Waals surface area contributed by atoms with Crippen molar-refractivity contribution >= 4 is 31.9 Å². The standard InChI is InChI=1S/C5H3Br2NO/c6-4-2-1-3(9)5(7)8-4/h1-2,9H/i1D,2D. The van der Waals surface area contributed by atoms with Crippen LogP contribution in [0.5, 0.6) is 5.75 Å². The molecule has 0 radical (unpaired) electrons. The van der Waals surface area contributed by atoms with Crippen molar-refractivity contribution in [3.63, 3.8) is 0 Å². The zero-order valence-corrected chi connectivity index (χ0v) is 7.32. The third kappa shape index (κ3) is 1.66. The molecule has 0 amide bonds. The second-order valence-corrected chi connectivity index (χ2v) is 2.79. The smallest absolute Gasteiger partial charge is 0.149 e. The number of pyridine rings is 1. The number of aromatic hydroxyl groups is 1. The molecule has 0 saturated heterocycles. The van der Waals surface area contributed by atoms with Gasteiger partial charge in [-0.1, -0.05) is 0 Å². The minimum Gasteiger partial charge on any atom is -0.505 e. The van der Waals surface area contributed by atoms with Crippen molar-refractivity contribution in [3.8, 4) is 5.75 Å². The molecule has 1 aromatic rings. The van der Waals surface area contributed by atoms with Crippen LogP contribution in [0.4, 0.5) is 0 Å². The summed E-state index contributed by atoms with van der Waals surface area (Å²) < 4.78 is 14.8. The molecule has 0 aliphatic rings. The van der Waals surface area contributed by atoms with Gasteiger partial charge in [0, 0.05) is 0 Å². The van der Waals surface area contributed by atoms with Gasteiger partial charge in [0.15, 0.2) is 0 Å². The molecule has 1 aromatic heterocycles. The molecular weight excluding hydrogens is 250 g/mol. The van der Waals surface area contributed by atoms with Gasteiger partial charge >= 0.3 is 0 Å². The van der Waals surface area contributed by atoms with Crippen LogP contribution in [0.2, 0.25) is 0 Å². The topological polar surface area (TPSA) is 33.1 Å². The third-order valence-corrected chi connectivity index (χ3v) is 1.60. The first-order valence-corrected chi connectivity index (χ1v) is 3.63. The molecule has 0 saturated carbocycles. The molecule has 0 unspecified atom stereocenters. The highest BCUT2D eigenvalue weighted by atomic mass is 79.9. The van der Waals surface area contributed by atoms with Crippen molar-refractivity contribution in [1.29, 1.82) is 0 Å². The number of hydrogen-bond donors (Lipinski definition) is 1. The quantitative estimate of drug-likeness (QED) is 0.721. The normalized spacial score (nSPS) is 12.7. The van der Waals surface area contributed by atoms with Crippen LogP contribution in [-0.2, 0) is 0 Å². The molecule has 1 heterocycles. The monoisotopic (exact) mass is 253 g/mol. The lowest BCUT2D eigenvalue weighted by molar-refractivity contribution is 0.468. The SMILES string of the molecule is [2H]c1c(Br)nc(Br)c(O)c1[2H]. The second-order valence-electron chi connectivity index (χ2n) is 1.29. The van der Waals surface area contributed by atoms with Gasteiger partial charge in [-0.3, -0.25) is 0 Å². The molecule has 4 heteroatoms. The summed E-state index contributed by atoms with van der Waals surface area (Å²) in [6.07, 6.45) is 0. The molecule has 0 fully saturated rings. The number of halogens is 2. The van der Waals surface area contributed by atoms with Gasteiger partial charge in [-0.2, -0.15) is 0 Å². The molecule has 1 rings (SSSR count). The Balaban J connectivity index is 3.46. The summed E-state index contributed by atoms with van der Waals surface area (Å²) in [5.41, 5.74) is 0. The first-order chi connectivity index (χ1) is 5.04. The Hall–Kier alpha value is -0.0900. The Morgan fingerprint density at radius 3 is 2.89 bits per heavy atom. The van der Waals surface area contributed by atoms with Crippen molar-refractivity contribution in [2.45, 2.75) is 0 Å². The lowest BCUT2D eigenvalue weighted by Crippen LogP contribution is -1.75. The lowest BCUT2D eigenvalue weighted by Gasteiger charge is -1.93. The third-order valence-electron chi connectivity index (χ3n) is 0.676. The fraction of sp³-hybridized carbons (Fsp3) is 0. The van der Waals surface area contributed by atoms with Gasteiger partial charge in [-0.25, -0.2) is 4.98 Å². The minimum atomic E-state index is -0.307. The van der Waals surface area contributed by atoms with E-state index in [9.17, 15) is 0 Å². The second kappa shape index (κ2) is 2.66. The zero-order valence-electron chi connectivity index (χ0n) is 6.15. The predicted molar refractivity (Wildman–Crippen MR) is 41.3 cm³/mol. The van der Waals surface area contributed by atoms with Crippen LogP contribution >= 0.6 is 31.9 Å². The van der Waals surface area contributed by atoms with Crippen LogP contribution in [0.25, 0.3) is 0 Å². The van der Waals surface area contributed by atoms with E-state index >= 15 is 0 Å². The molecule has 0 aliphatic heterocycles. The highest BCUT2D eigenvalue weighted by Gasteiger charge is 1.96. The fourth-order valence-corrected chi connectivity index (χ4v) is 1.12. The summed E-state index contributed by atoms with van der Waals surface area (Å²) >= 11 is 5.91. The fourth-order valence-electron chi connectivity index (χ4n) is 0.329. The van der Waals surface area contributed by atoms with Gasteiger partial charge in [0.1, 0.15) is 15.0 Å². The summed E-state index contributed by atoms with van der Waals surface area (Å²) in [4.78, 5) is 3.71. The van der Waals surface area contributed by atoms with Gasteiger partial charge in [0.2, 0.25) is 0 Å². The molecule has 2 nitrogen and oxygen atoms in total. The summed E-state index contributed by atoms with van der Waals surface area (Å²) in [7, 11) is 0. The van der Waals surface area contributed by atoms with Crippen molar-refractivity contribution in [2.75, 3.05) is 0 Å². The highest BCUT2D eigenvalue weighted by Crippen LogP contribution is 2.22. The Kier molecular flexibility index (Phi) is 1.39. The van der Waals surface area contributed by atoms with Crippen LogP contribution in [0.15, 0.2) is 21.3 Å². The van der Waals surface area contributed by atoms with E-state index in [1.54, 1.807) is 0 Å². The number of nitrogens with zero attached hydrogens (tertiary/aromatic N) is 1. The van der Waals surface area contributed by atoms with Crippen molar-refractivity contribution < 1.29 is 7.85 Å². The largest absolute Gasteiger partial charge is 0.505 e. The van der Waals surface area contributed by atoms with Gasteiger partial charge in [-0.05, 0) is 43.9 Å². The number of aromatic nitrogens is 1. The lowest BCUT2D eigenvalue weighted by atomic mass is 10.5. The molecular formula is C5H3Br2NO. The molecule has 0 spiro atoms. The Morgan fingerprint density at radius 1 is 1.56 bits per heavy atom. The van der Waals surface area contributed by atoms with Crippen molar-refractivity contribution in [2.24, 2.45) is 0 Å². The highest BCUT2D eigenvalue weighted by molar-refractivity contribution is 9.11. The van der Waals surface area contributed by atoms with Crippen LogP contribution < -0.4 is 0 Å². The van der Waals surface area contributed by atoms with Gasteiger partial charge < -0.3 is 5.11 Å². The molecule has 9 heavy (non-hydrogen) atoms. The van der Waals surface area contributed by atoms with E-state index in [1.807, 2.05) is 0 Å². The van der Waals surface area contributed by atoms with E-state index in [0.29, 0.717) is 0 Å². The summed E-state index contributed by atoms with van der Waals surface area (Å²) in [5, 5.41) is 9.07. The molecule has 0 atom stereocenters.